The molecule has 1 aromatic rings. The van der Waals surface area contributed by atoms with Crippen LogP contribution in [0.2, 0.25) is 0 Å². The van der Waals surface area contributed by atoms with E-state index in [0.717, 1.165) is 17.6 Å². The van der Waals surface area contributed by atoms with Crippen LogP contribution in [0.5, 0.6) is 0 Å². The predicted octanol–water partition coefficient (Wildman–Crippen LogP) is 2.58. The minimum atomic E-state index is -0.218. The molecule has 0 amide bonds. The number of nitrogens with one attached hydrogen (secondary N) is 1. The van der Waals surface area contributed by atoms with E-state index in [1.165, 1.54) is 25.3 Å². The second kappa shape index (κ2) is 6.61. The van der Waals surface area contributed by atoms with E-state index in [-0.39, 0.29) is 11.9 Å². The van der Waals surface area contributed by atoms with Gasteiger partial charge >= 0.3 is 0 Å². The Morgan fingerprint density at radius 3 is 2.67 bits per heavy atom. The Labute approximate surface area is 116 Å². The molecule has 0 radical (unpaired) electrons. The van der Waals surface area contributed by atoms with E-state index >= 15 is 0 Å². The van der Waals surface area contributed by atoms with Crippen LogP contribution < -0.4 is 11.2 Å². The second-order valence-electron chi connectivity index (χ2n) is 4.63. The molecular formula is C13H19BrFN3. The van der Waals surface area contributed by atoms with Gasteiger partial charge in [0.1, 0.15) is 5.82 Å². The van der Waals surface area contributed by atoms with Gasteiger partial charge in [0.15, 0.2) is 0 Å². The maximum absolute atomic E-state index is 13.9. The highest BCUT2D eigenvalue weighted by Gasteiger charge is 2.18. The highest BCUT2D eigenvalue weighted by molar-refractivity contribution is 9.10. The zero-order chi connectivity index (χ0) is 13.0. The molecular weight excluding hydrogens is 297 g/mol. The van der Waals surface area contributed by atoms with Gasteiger partial charge in [-0.25, -0.2) is 14.8 Å². The van der Waals surface area contributed by atoms with Crippen molar-refractivity contribution in [2.24, 2.45) is 5.73 Å². The molecule has 1 atom stereocenters. The summed E-state index contributed by atoms with van der Waals surface area (Å²) in [5, 5.41) is 2.16. The molecule has 0 bridgehead atoms. The molecule has 1 aliphatic rings. The summed E-state index contributed by atoms with van der Waals surface area (Å²) in [4.78, 5) is 0. The van der Waals surface area contributed by atoms with Crippen LogP contribution >= 0.6 is 15.9 Å². The van der Waals surface area contributed by atoms with Gasteiger partial charge < -0.3 is 5.73 Å². The molecule has 18 heavy (non-hydrogen) atoms. The van der Waals surface area contributed by atoms with Gasteiger partial charge in [0.05, 0.1) is 6.04 Å². The number of piperidine rings is 1. The fraction of sp³-hybridized carbons (Fsp3) is 0.538. The largest absolute Gasteiger partial charge is 0.329 e. The molecule has 0 spiro atoms. The van der Waals surface area contributed by atoms with Gasteiger partial charge in [-0.2, -0.15) is 0 Å². The SMILES string of the molecule is NCC(NN1CCCCC1)c1ccc(Br)cc1F. The van der Waals surface area contributed by atoms with Gasteiger partial charge in [0.25, 0.3) is 0 Å². The number of benzene rings is 1. The van der Waals surface area contributed by atoms with Crippen LogP contribution in [0, 0.1) is 5.82 Å². The molecule has 0 saturated carbocycles. The molecule has 3 N–H and O–H groups in total. The van der Waals surface area contributed by atoms with Gasteiger partial charge in [-0.05, 0) is 25.0 Å². The highest BCUT2D eigenvalue weighted by atomic mass is 79.9. The van der Waals surface area contributed by atoms with Gasteiger partial charge in [-0.15, -0.1) is 0 Å². The summed E-state index contributed by atoms with van der Waals surface area (Å²) in [5.41, 5.74) is 9.73. The topological polar surface area (TPSA) is 41.3 Å². The van der Waals surface area contributed by atoms with E-state index in [2.05, 4.69) is 26.4 Å². The summed E-state index contributed by atoms with van der Waals surface area (Å²) in [6.45, 7) is 2.40. The first-order valence-corrected chi connectivity index (χ1v) is 7.16. The van der Waals surface area contributed by atoms with Crippen molar-refractivity contribution in [3.8, 4) is 0 Å². The summed E-state index contributed by atoms with van der Waals surface area (Å²) < 4.78 is 14.6. The third-order valence-corrected chi connectivity index (χ3v) is 3.76. The monoisotopic (exact) mass is 315 g/mol. The Morgan fingerprint density at radius 1 is 1.33 bits per heavy atom. The first kappa shape index (κ1) is 13.9. The third kappa shape index (κ3) is 3.51. The van der Waals surface area contributed by atoms with Crippen LogP contribution in [0.15, 0.2) is 22.7 Å². The van der Waals surface area contributed by atoms with E-state index < -0.39 is 0 Å². The summed E-state index contributed by atoms with van der Waals surface area (Å²) in [6.07, 6.45) is 3.65. The first-order valence-electron chi connectivity index (χ1n) is 6.37. The van der Waals surface area contributed by atoms with Crippen molar-refractivity contribution >= 4 is 15.9 Å². The normalized spacial score (nSPS) is 18.8. The molecule has 2 rings (SSSR count). The number of nitrogens with zero attached hydrogens (tertiary/aromatic N) is 1. The average Bonchev–Trinajstić information content (AvgIpc) is 2.38. The Kier molecular flexibility index (Phi) is 5.12. The number of rotatable bonds is 4. The second-order valence-corrected chi connectivity index (χ2v) is 5.55. The molecule has 1 saturated heterocycles. The third-order valence-electron chi connectivity index (χ3n) is 3.27. The molecule has 0 aromatic heterocycles. The lowest BCUT2D eigenvalue weighted by Crippen LogP contribution is -2.45. The maximum atomic E-state index is 13.9. The van der Waals surface area contributed by atoms with Crippen LogP contribution in [-0.4, -0.2) is 24.6 Å². The van der Waals surface area contributed by atoms with Crippen molar-refractivity contribution in [1.82, 2.24) is 10.4 Å². The van der Waals surface area contributed by atoms with Crippen LogP contribution in [0.3, 0.4) is 0 Å². The van der Waals surface area contributed by atoms with Crippen molar-refractivity contribution < 1.29 is 4.39 Å². The smallest absolute Gasteiger partial charge is 0.129 e. The fourth-order valence-corrected chi connectivity index (χ4v) is 2.61. The van der Waals surface area contributed by atoms with E-state index in [1.807, 2.05) is 6.07 Å². The Balaban J connectivity index is 2.07. The number of nitrogens with two attached hydrogens (primary N) is 1. The Morgan fingerprint density at radius 2 is 2.06 bits per heavy atom. The fourth-order valence-electron chi connectivity index (χ4n) is 2.28. The van der Waals surface area contributed by atoms with Gasteiger partial charge in [0.2, 0.25) is 0 Å². The lowest BCUT2D eigenvalue weighted by atomic mass is 10.1. The minimum absolute atomic E-state index is 0.156. The van der Waals surface area contributed by atoms with E-state index in [4.69, 9.17) is 5.73 Å². The molecule has 5 heteroatoms. The standard InChI is InChI=1S/C13H19BrFN3/c14-10-4-5-11(12(15)8-10)13(9-16)17-18-6-2-1-3-7-18/h4-5,8,13,17H,1-3,6-7,9,16H2. The maximum Gasteiger partial charge on any atom is 0.129 e. The molecule has 1 aromatic carbocycles. The highest BCUT2D eigenvalue weighted by Crippen LogP contribution is 2.21. The number of hydrogen-bond donors (Lipinski definition) is 2. The molecule has 1 fully saturated rings. The van der Waals surface area contributed by atoms with Crippen molar-refractivity contribution in [2.75, 3.05) is 19.6 Å². The van der Waals surface area contributed by atoms with E-state index in [0.29, 0.717) is 12.1 Å². The minimum Gasteiger partial charge on any atom is -0.329 e. The quantitative estimate of drug-likeness (QED) is 0.897. The van der Waals surface area contributed by atoms with Crippen LogP contribution in [0.4, 0.5) is 4.39 Å². The van der Waals surface area contributed by atoms with Gasteiger partial charge in [0, 0.05) is 29.7 Å². The summed E-state index contributed by atoms with van der Waals surface area (Å²) in [7, 11) is 0. The van der Waals surface area contributed by atoms with Gasteiger partial charge in [-0.3, -0.25) is 0 Å². The summed E-state index contributed by atoms with van der Waals surface area (Å²) in [5.74, 6) is -0.218. The lowest BCUT2D eigenvalue weighted by molar-refractivity contribution is 0.129. The molecule has 0 aliphatic carbocycles. The molecule has 1 heterocycles. The van der Waals surface area contributed by atoms with Crippen molar-refractivity contribution in [3.63, 3.8) is 0 Å². The Bertz CT molecular complexity index is 394. The number of halogens is 2. The molecule has 1 unspecified atom stereocenters. The van der Waals surface area contributed by atoms with Crippen molar-refractivity contribution in [2.45, 2.75) is 25.3 Å². The molecule has 1 aliphatic heterocycles. The van der Waals surface area contributed by atoms with E-state index in [1.54, 1.807) is 6.07 Å². The molecule has 3 nitrogen and oxygen atoms in total. The number of hydrogen-bond acceptors (Lipinski definition) is 3. The lowest BCUT2D eigenvalue weighted by Gasteiger charge is -2.31. The van der Waals surface area contributed by atoms with Crippen molar-refractivity contribution in [1.29, 1.82) is 0 Å². The first-order chi connectivity index (χ1) is 8.70. The summed E-state index contributed by atoms with van der Waals surface area (Å²) >= 11 is 3.26. The summed E-state index contributed by atoms with van der Waals surface area (Å²) in [6, 6.07) is 4.96. The average molecular weight is 316 g/mol. The van der Waals surface area contributed by atoms with Crippen LogP contribution in [0.1, 0.15) is 30.9 Å². The van der Waals surface area contributed by atoms with Crippen molar-refractivity contribution in [3.05, 3.63) is 34.1 Å². The molecule has 100 valence electrons. The number of hydrazine groups is 1. The van der Waals surface area contributed by atoms with E-state index in [9.17, 15) is 4.39 Å². The zero-order valence-corrected chi connectivity index (χ0v) is 11.9. The van der Waals surface area contributed by atoms with Gasteiger partial charge in [-0.1, -0.05) is 28.4 Å². The predicted molar refractivity (Wildman–Crippen MR) is 74.5 cm³/mol. The zero-order valence-electron chi connectivity index (χ0n) is 10.3. The Hall–Kier alpha value is -0.490. The van der Waals surface area contributed by atoms with Crippen LogP contribution in [0.25, 0.3) is 0 Å². The van der Waals surface area contributed by atoms with Crippen LogP contribution in [-0.2, 0) is 0 Å².